The van der Waals surface area contributed by atoms with Crippen LogP contribution in [0.1, 0.15) is 6.92 Å². The second-order valence-electron chi connectivity index (χ2n) is 5.17. The molecule has 7 nitrogen and oxygen atoms in total. The number of rotatable bonds is 7. The Balaban J connectivity index is 0.000000884. The zero-order valence-electron chi connectivity index (χ0n) is 17.0. The van der Waals surface area contributed by atoms with E-state index in [9.17, 15) is 17.0 Å². The summed E-state index contributed by atoms with van der Waals surface area (Å²) >= 11 is 0.170. The minimum absolute atomic E-state index is 0.0441. The molecule has 0 unspecified atom stereocenters. The van der Waals surface area contributed by atoms with Gasteiger partial charge in [-0.3, -0.25) is 4.79 Å². The maximum absolute atomic E-state index is 14.3. The third kappa shape index (κ3) is 6.07. The molecule has 0 aliphatic carbocycles. The number of nitrogens with zero attached hydrogens (tertiary/aromatic N) is 3. The number of aromatic nitrogens is 3. The Labute approximate surface area is 186 Å². The second-order valence-corrected chi connectivity index (χ2v) is 6.01. The Kier molecular flexibility index (Phi) is 11.4. The van der Waals surface area contributed by atoms with Gasteiger partial charge in [-0.25, -0.2) is 18.3 Å². The lowest BCUT2D eigenvalue weighted by Crippen LogP contribution is -2.01. The molecule has 0 bridgehead atoms. The number of amides is 1. The average Bonchev–Trinajstić information content (AvgIpc) is 3.15. The number of anilines is 1. The van der Waals surface area contributed by atoms with Crippen LogP contribution in [-0.2, 0) is 4.79 Å². The molecule has 0 saturated heterocycles. The number of hydrogen-bond acceptors (Lipinski definition) is 7. The highest BCUT2D eigenvalue weighted by Crippen LogP contribution is 2.43. The van der Waals surface area contributed by atoms with E-state index in [0.29, 0.717) is 17.4 Å². The van der Waals surface area contributed by atoms with Crippen LogP contribution in [-0.4, -0.2) is 40.3 Å². The van der Waals surface area contributed by atoms with Crippen molar-refractivity contribution in [2.24, 2.45) is 0 Å². The summed E-state index contributed by atoms with van der Waals surface area (Å²) in [5, 5.41) is 2.92. The van der Waals surface area contributed by atoms with Crippen molar-refractivity contribution in [3.05, 3.63) is 43.5 Å². The van der Waals surface area contributed by atoms with Crippen molar-refractivity contribution in [2.75, 3.05) is 25.3 Å². The monoisotopic (exact) mass is 474 g/mol. The molecule has 168 valence electrons. The van der Waals surface area contributed by atoms with E-state index in [1.165, 1.54) is 19.6 Å². The van der Waals surface area contributed by atoms with E-state index < -0.39 is 5.82 Å². The molecule has 0 spiro atoms. The maximum Gasteiger partial charge on any atom is 0.225 e. The first-order chi connectivity index (χ1) is 15.1. The first-order valence-corrected chi connectivity index (χ1v) is 10.4. The molecule has 0 saturated carbocycles. The average molecular weight is 475 g/mol. The Morgan fingerprint density at radius 3 is 2.55 bits per heavy atom. The van der Waals surface area contributed by atoms with Crippen molar-refractivity contribution in [3.8, 4) is 22.8 Å². The minimum atomic E-state index is -0.663. The van der Waals surface area contributed by atoms with Crippen LogP contribution in [0.15, 0.2) is 37.7 Å². The molecule has 1 N–H and O–H groups in total. The highest BCUT2D eigenvalue weighted by Gasteiger charge is 2.24. The van der Waals surface area contributed by atoms with E-state index in [2.05, 4.69) is 28.4 Å². The molecule has 0 aliphatic rings. The molecule has 3 rings (SSSR count). The number of carbonyl (C=O) groups excluding carboxylic acids is 1. The Bertz CT molecular complexity index is 1010. The van der Waals surface area contributed by atoms with Crippen LogP contribution in [0.25, 0.3) is 22.2 Å². The molecular weight excluding hydrogens is 453 g/mol. The van der Waals surface area contributed by atoms with Gasteiger partial charge in [0.1, 0.15) is 5.82 Å². The van der Waals surface area contributed by atoms with E-state index in [1.54, 1.807) is 19.1 Å². The summed E-state index contributed by atoms with van der Waals surface area (Å²) in [6.45, 7) is 7.94. The molecule has 31 heavy (non-hydrogen) atoms. The summed E-state index contributed by atoms with van der Waals surface area (Å²) in [6.07, 6.45) is 4.28. The highest BCUT2D eigenvalue weighted by molar-refractivity contribution is 7.93. The fraction of sp³-hybridized carbons (Fsp3) is 0.211. The van der Waals surface area contributed by atoms with Crippen molar-refractivity contribution < 1.29 is 26.4 Å². The van der Waals surface area contributed by atoms with Gasteiger partial charge < -0.3 is 14.8 Å². The van der Waals surface area contributed by atoms with Crippen LogP contribution >= 0.6 is 24.5 Å². The topological polar surface area (TPSA) is 78.3 Å². The van der Waals surface area contributed by atoms with Gasteiger partial charge in [-0.15, -0.1) is 17.0 Å². The van der Waals surface area contributed by atoms with Crippen LogP contribution in [0.3, 0.4) is 0 Å². The van der Waals surface area contributed by atoms with E-state index in [4.69, 9.17) is 9.47 Å². The largest absolute Gasteiger partial charge is 0.490 e. The maximum atomic E-state index is 14.3. The number of methoxy groups -OCH3 is 1. The number of pyridine rings is 2. The molecule has 0 aromatic carbocycles. The van der Waals surface area contributed by atoms with Gasteiger partial charge in [0.25, 0.3) is 0 Å². The van der Waals surface area contributed by atoms with Gasteiger partial charge in [0.2, 0.25) is 12.3 Å². The van der Waals surface area contributed by atoms with Gasteiger partial charge in [0.05, 0.1) is 25.5 Å². The third-order valence-corrected chi connectivity index (χ3v) is 4.03. The SMILES string of the molecule is C=C.CCOc1c(F)cnc(OC)c1-c1cn(SF)c2nc(NC=O)ccc12.CSF. The molecule has 0 aliphatic heterocycles. The normalized spacial score (nSPS) is 9.74. The lowest BCUT2D eigenvalue weighted by molar-refractivity contribution is -0.105. The van der Waals surface area contributed by atoms with Gasteiger partial charge in [-0.2, -0.15) is 3.89 Å². The van der Waals surface area contributed by atoms with Crippen molar-refractivity contribution in [3.63, 3.8) is 0 Å². The van der Waals surface area contributed by atoms with Crippen molar-refractivity contribution in [1.82, 2.24) is 13.9 Å². The van der Waals surface area contributed by atoms with Crippen LogP contribution in [0.5, 0.6) is 11.6 Å². The van der Waals surface area contributed by atoms with Crippen LogP contribution < -0.4 is 14.8 Å². The summed E-state index contributed by atoms with van der Waals surface area (Å²) < 4.78 is 49.8. The number of hydrogen-bond donors (Lipinski definition) is 1. The quantitative estimate of drug-likeness (QED) is 0.351. The van der Waals surface area contributed by atoms with Crippen LogP contribution in [0, 0.1) is 5.82 Å². The van der Waals surface area contributed by atoms with Crippen molar-refractivity contribution in [1.29, 1.82) is 0 Å². The van der Waals surface area contributed by atoms with Crippen molar-refractivity contribution >= 4 is 47.7 Å². The smallest absolute Gasteiger partial charge is 0.225 e. The fourth-order valence-corrected chi connectivity index (χ4v) is 2.95. The van der Waals surface area contributed by atoms with Gasteiger partial charge in [-0.05, 0) is 19.1 Å². The van der Waals surface area contributed by atoms with Gasteiger partial charge in [0.15, 0.2) is 29.5 Å². The van der Waals surface area contributed by atoms with Gasteiger partial charge in [0, 0.05) is 35.6 Å². The minimum Gasteiger partial charge on any atom is -0.490 e. The predicted octanol–water partition coefficient (Wildman–Crippen LogP) is 5.63. The molecule has 3 heterocycles. The lowest BCUT2D eigenvalue weighted by Gasteiger charge is -2.13. The molecule has 3 aromatic rings. The molecule has 12 heteroatoms. The zero-order valence-corrected chi connectivity index (χ0v) is 18.7. The number of carbonyl (C=O) groups is 1. The number of fused-ring (bicyclic) bond motifs is 1. The van der Waals surface area contributed by atoms with Crippen LogP contribution in [0.4, 0.5) is 18.0 Å². The number of halogens is 3. The van der Waals surface area contributed by atoms with E-state index in [-0.39, 0.29) is 59.7 Å². The molecule has 1 amide bonds. The predicted molar refractivity (Wildman–Crippen MR) is 120 cm³/mol. The van der Waals surface area contributed by atoms with E-state index >= 15 is 0 Å². The van der Waals surface area contributed by atoms with Gasteiger partial charge in [-0.1, -0.05) is 0 Å². The molecule has 0 fully saturated rings. The highest BCUT2D eigenvalue weighted by atomic mass is 32.2. The summed E-state index contributed by atoms with van der Waals surface area (Å²) in [5.74, 6) is -0.323. The number of nitrogens with one attached hydrogen (secondary N) is 1. The van der Waals surface area contributed by atoms with Crippen LogP contribution in [0.2, 0.25) is 0 Å². The summed E-state index contributed by atoms with van der Waals surface area (Å²) in [6, 6.07) is 3.18. The van der Waals surface area contributed by atoms with E-state index in [0.717, 1.165) is 10.2 Å². The van der Waals surface area contributed by atoms with Gasteiger partial charge >= 0.3 is 0 Å². The Hall–Kier alpha value is -2.86. The molecule has 3 aromatic heterocycles. The fourth-order valence-electron chi connectivity index (χ4n) is 2.60. The molecule has 0 atom stereocenters. The lowest BCUT2D eigenvalue weighted by atomic mass is 10.1. The second kappa shape index (κ2) is 13.4. The summed E-state index contributed by atoms with van der Waals surface area (Å²) in [7, 11) is 1.40. The third-order valence-electron chi connectivity index (χ3n) is 3.61. The summed E-state index contributed by atoms with van der Waals surface area (Å²) in [5.41, 5.74) is 0.931. The van der Waals surface area contributed by atoms with Crippen molar-refractivity contribution in [2.45, 2.75) is 6.92 Å². The molecule has 0 radical (unpaired) electrons. The molecular formula is C19H21F3N4O3S2. The Morgan fingerprint density at radius 1 is 1.32 bits per heavy atom. The zero-order chi connectivity index (χ0) is 23.4. The first-order valence-electron chi connectivity index (χ1n) is 8.57. The standard InChI is InChI=1S/C16H14F2N4O3S.C2H4.CH3FS/c1-3-25-14-11(17)6-19-16(24-2)13(14)10-7-22(26-18)15-9(10)4-5-12(21-15)20-8-23;1-2;1-3-2/h4-8H,3H2,1-2H3,(H,20,21,23);1-2H2;1H3. The number of ether oxygens (including phenoxy) is 2. The summed E-state index contributed by atoms with van der Waals surface area (Å²) in [4.78, 5) is 18.7. The Morgan fingerprint density at radius 2 is 2.00 bits per heavy atom. The first kappa shape index (κ1) is 26.2. The van der Waals surface area contributed by atoms with E-state index in [1.807, 2.05) is 0 Å².